The molecule has 0 atom stereocenters. The number of benzene rings is 2. The molecule has 0 aromatic heterocycles. The predicted octanol–water partition coefficient (Wildman–Crippen LogP) is 9.09. The lowest BCUT2D eigenvalue weighted by atomic mass is 9.68. The second-order valence-corrected chi connectivity index (χ2v) is 10.1. The van der Waals surface area contributed by atoms with Gasteiger partial charge in [0, 0.05) is 0 Å². The van der Waals surface area contributed by atoms with Crippen molar-refractivity contribution in [2.75, 3.05) is 0 Å². The first-order valence-electron chi connectivity index (χ1n) is 12.3. The Balaban J connectivity index is 1.37. The van der Waals surface area contributed by atoms with Gasteiger partial charge in [-0.1, -0.05) is 31.9 Å². The molecule has 36 heavy (non-hydrogen) atoms. The number of ether oxygens (including phenoxy) is 2. The standard InChI is InChI=1S/C27H29F7O2/c1-16-2-4-17(5-3-16)18-6-8-19(9-7-18)20-10-12-22(13-11-20)35-26(30,31)21-14-23(28)25(24(29)15-21)36-27(32,33)34/h10-19H,2-9H2,1H3. The van der Waals surface area contributed by atoms with Crippen LogP contribution < -0.4 is 9.47 Å². The van der Waals surface area contributed by atoms with Crippen molar-refractivity contribution in [2.45, 2.75) is 76.7 Å². The van der Waals surface area contributed by atoms with E-state index in [1.165, 1.54) is 37.8 Å². The van der Waals surface area contributed by atoms with Gasteiger partial charge in [0.1, 0.15) is 5.75 Å². The van der Waals surface area contributed by atoms with Crippen molar-refractivity contribution in [3.8, 4) is 11.5 Å². The molecular formula is C27H29F7O2. The summed E-state index contributed by atoms with van der Waals surface area (Å²) in [6.07, 6.45) is 0.0633. The van der Waals surface area contributed by atoms with Crippen molar-refractivity contribution in [3.63, 3.8) is 0 Å². The minimum absolute atomic E-state index is 0.0595. The zero-order valence-electron chi connectivity index (χ0n) is 19.9. The van der Waals surface area contributed by atoms with Crippen LogP contribution in [0.3, 0.4) is 0 Å². The summed E-state index contributed by atoms with van der Waals surface area (Å²) >= 11 is 0. The number of hydrogen-bond acceptors (Lipinski definition) is 2. The predicted molar refractivity (Wildman–Crippen MR) is 120 cm³/mol. The van der Waals surface area contributed by atoms with Crippen LogP contribution in [0.15, 0.2) is 36.4 Å². The van der Waals surface area contributed by atoms with Crippen LogP contribution in [0.25, 0.3) is 0 Å². The molecule has 2 aromatic rings. The van der Waals surface area contributed by atoms with Crippen molar-refractivity contribution >= 4 is 0 Å². The number of halogens is 7. The first-order chi connectivity index (χ1) is 16.9. The van der Waals surface area contributed by atoms with Crippen LogP contribution >= 0.6 is 0 Å². The topological polar surface area (TPSA) is 18.5 Å². The van der Waals surface area contributed by atoms with E-state index in [0.717, 1.165) is 49.0 Å². The SMILES string of the molecule is CC1CCC(C2CCC(c3ccc(OC(F)(F)c4cc(F)c(OC(F)(F)F)c(F)c4)cc3)CC2)CC1. The second kappa shape index (κ2) is 10.5. The van der Waals surface area contributed by atoms with Gasteiger partial charge in [-0.3, -0.25) is 0 Å². The Morgan fingerprint density at radius 2 is 1.19 bits per heavy atom. The Labute approximate surface area is 205 Å². The molecule has 198 valence electrons. The van der Waals surface area contributed by atoms with Gasteiger partial charge in [0.2, 0.25) is 5.75 Å². The molecule has 2 aliphatic carbocycles. The van der Waals surface area contributed by atoms with Crippen molar-refractivity contribution in [1.29, 1.82) is 0 Å². The van der Waals surface area contributed by atoms with Crippen LogP contribution in [0.2, 0.25) is 0 Å². The molecule has 0 radical (unpaired) electrons. The Bertz CT molecular complexity index is 996. The first-order valence-corrected chi connectivity index (χ1v) is 12.3. The van der Waals surface area contributed by atoms with Crippen LogP contribution in [0.4, 0.5) is 30.7 Å². The van der Waals surface area contributed by atoms with Gasteiger partial charge < -0.3 is 9.47 Å². The van der Waals surface area contributed by atoms with Gasteiger partial charge in [0.05, 0.1) is 5.56 Å². The monoisotopic (exact) mass is 518 g/mol. The Morgan fingerprint density at radius 1 is 0.694 bits per heavy atom. The van der Waals surface area contributed by atoms with Crippen molar-refractivity contribution in [2.24, 2.45) is 17.8 Å². The number of rotatable bonds is 6. The zero-order valence-corrected chi connectivity index (χ0v) is 19.9. The Hall–Kier alpha value is -2.45. The lowest BCUT2D eigenvalue weighted by Gasteiger charge is -2.37. The van der Waals surface area contributed by atoms with Crippen molar-refractivity contribution in [1.82, 2.24) is 0 Å². The van der Waals surface area contributed by atoms with E-state index in [-0.39, 0.29) is 17.9 Å². The lowest BCUT2D eigenvalue weighted by Crippen LogP contribution is -2.25. The van der Waals surface area contributed by atoms with Gasteiger partial charge in [0.25, 0.3) is 0 Å². The smallest absolute Gasteiger partial charge is 0.429 e. The Morgan fingerprint density at radius 3 is 1.69 bits per heavy atom. The Kier molecular flexibility index (Phi) is 7.76. The molecule has 9 heteroatoms. The van der Waals surface area contributed by atoms with Crippen LogP contribution in [0.1, 0.15) is 75.3 Å². The van der Waals surface area contributed by atoms with E-state index in [1.807, 2.05) is 0 Å². The molecule has 2 fully saturated rings. The molecule has 0 N–H and O–H groups in total. The molecule has 4 rings (SSSR count). The molecule has 2 aromatic carbocycles. The maximum atomic E-state index is 14.6. The largest absolute Gasteiger partial charge is 0.573 e. The van der Waals surface area contributed by atoms with Gasteiger partial charge in [-0.15, -0.1) is 13.2 Å². The first kappa shape index (κ1) is 26.6. The second-order valence-electron chi connectivity index (χ2n) is 10.1. The molecule has 0 unspecified atom stereocenters. The summed E-state index contributed by atoms with van der Waals surface area (Å²) in [6.45, 7) is 2.32. The summed E-state index contributed by atoms with van der Waals surface area (Å²) in [5.74, 6) is -3.15. The third-order valence-electron chi connectivity index (χ3n) is 7.65. The minimum atomic E-state index is -5.38. The van der Waals surface area contributed by atoms with E-state index in [2.05, 4.69) is 16.4 Å². The van der Waals surface area contributed by atoms with Gasteiger partial charge in [0.15, 0.2) is 11.6 Å². The molecule has 2 nitrogen and oxygen atoms in total. The van der Waals surface area contributed by atoms with Crippen LogP contribution in [-0.2, 0) is 6.11 Å². The summed E-state index contributed by atoms with van der Waals surface area (Å²) in [7, 11) is 0. The summed E-state index contributed by atoms with van der Waals surface area (Å²) in [5.41, 5.74) is -0.251. The fraction of sp³-hybridized carbons (Fsp3) is 0.556. The third-order valence-corrected chi connectivity index (χ3v) is 7.65. The highest BCUT2D eigenvalue weighted by molar-refractivity contribution is 5.35. The fourth-order valence-corrected chi connectivity index (χ4v) is 5.64. The van der Waals surface area contributed by atoms with Crippen LogP contribution in [0, 0.1) is 29.4 Å². The summed E-state index contributed by atoms with van der Waals surface area (Å²) in [6, 6.07) is 6.27. The van der Waals surface area contributed by atoms with Gasteiger partial charge in [-0.05, 0) is 92.0 Å². The summed E-state index contributed by atoms with van der Waals surface area (Å²) < 4.78 is 102. The average molecular weight is 519 g/mol. The maximum Gasteiger partial charge on any atom is 0.573 e. The molecule has 0 heterocycles. The van der Waals surface area contributed by atoms with Gasteiger partial charge in [-0.2, -0.15) is 8.78 Å². The summed E-state index contributed by atoms with van der Waals surface area (Å²) in [4.78, 5) is 0. The molecule has 0 amide bonds. The molecule has 2 aliphatic rings. The molecule has 0 aliphatic heterocycles. The lowest BCUT2D eigenvalue weighted by molar-refractivity contribution is -0.276. The highest BCUT2D eigenvalue weighted by Gasteiger charge is 2.39. The van der Waals surface area contributed by atoms with E-state index in [9.17, 15) is 30.7 Å². The quantitative estimate of drug-likeness (QED) is 0.355. The zero-order chi connectivity index (χ0) is 26.1. The minimum Gasteiger partial charge on any atom is -0.429 e. The number of hydrogen-bond donors (Lipinski definition) is 0. The molecular weight excluding hydrogens is 489 g/mol. The van der Waals surface area contributed by atoms with E-state index < -0.39 is 35.4 Å². The van der Waals surface area contributed by atoms with E-state index in [4.69, 9.17) is 0 Å². The molecule has 0 spiro atoms. The van der Waals surface area contributed by atoms with Crippen molar-refractivity contribution < 1.29 is 40.2 Å². The normalized spacial score (nSPS) is 25.4. The average Bonchev–Trinajstić information content (AvgIpc) is 2.82. The van der Waals surface area contributed by atoms with Gasteiger partial charge in [-0.25, -0.2) is 8.78 Å². The van der Waals surface area contributed by atoms with Crippen LogP contribution in [-0.4, -0.2) is 6.36 Å². The molecule has 0 bridgehead atoms. The maximum absolute atomic E-state index is 14.6. The van der Waals surface area contributed by atoms with Gasteiger partial charge >= 0.3 is 12.5 Å². The van der Waals surface area contributed by atoms with E-state index in [1.54, 1.807) is 12.1 Å². The highest BCUT2D eigenvalue weighted by Crippen LogP contribution is 2.44. The fourth-order valence-electron chi connectivity index (χ4n) is 5.64. The molecule has 2 saturated carbocycles. The van der Waals surface area contributed by atoms with Crippen molar-refractivity contribution in [3.05, 3.63) is 59.2 Å². The van der Waals surface area contributed by atoms with E-state index in [0.29, 0.717) is 5.92 Å². The molecule has 0 saturated heterocycles. The highest BCUT2D eigenvalue weighted by atomic mass is 19.4. The van der Waals surface area contributed by atoms with E-state index >= 15 is 0 Å². The van der Waals surface area contributed by atoms with Crippen LogP contribution in [0.5, 0.6) is 11.5 Å². The summed E-state index contributed by atoms with van der Waals surface area (Å²) in [5, 5.41) is 0. The number of alkyl halides is 5. The third kappa shape index (κ3) is 6.45.